The van der Waals surface area contributed by atoms with E-state index in [-0.39, 0.29) is 11.6 Å². The minimum atomic E-state index is -0.494. The van der Waals surface area contributed by atoms with Crippen molar-refractivity contribution in [1.82, 2.24) is 9.97 Å². The summed E-state index contributed by atoms with van der Waals surface area (Å²) in [5, 5.41) is 11.0. The van der Waals surface area contributed by atoms with Gasteiger partial charge in [0.25, 0.3) is 5.88 Å². The SMILES string of the molecule is COc1ncnc(N2CCCC2)c1[N+](=O)[O-]. The van der Waals surface area contributed by atoms with Gasteiger partial charge in [-0.2, -0.15) is 4.98 Å². The number of hydrogen-bond donors (Lipinski definition) is 0. The van der Waals surface area contributed by atoms with Gasteiger partial charge in [0.15, 0.2) is 0 Å². The second-order valence-corrected chi connectivity index (χ2v) is 3.51. The fraction of sp³-hybridized carbons (Fsp3) is 0.556. The van der Waals surface area contributed by atoms with Crippen LogP contribution in [0.4, 0.5) is 11.5 Å². The monoisotopic (exact) mass is 224 g/mol. The van der Waals surface area contributed by atoms with Gasteiger partial charge in [-0.05, 0) is 12.8 Å². The Bertz CT molecular complexity index is 404. The highest BCUT2D eigenvalue weighted by Gasteiger charge is 2.28. The topological polar surface area (TPSA) is 81.4 Å². The highest BCUT2D eigenvalue weighted by molar-refractivity contribution is 5.63. The van der Waals surface area contributed by atoms with Crippen molar-refractivity contribution in [1.29, 1.82) is 0 Å². The van der Waals surface area contributed by atoms with Crippen LogP contribution >= 0.6 is 0 Å². The maximum absolute atomic E-state index is 11.0. The second kappa shape index (κ2) is 4.30. The Labute approximate surface area is 92.2 Å². The van der Waals surface area contributed by atoms with E-state index in [0.717, 1.165) is 25.9 Å². The summed E-state index contributed by atoms with van der Waals surface area (Å²) in [4.78, 5) is 20.1. The summed E-state index contributed by atoms with van der Waals surface area (Å²) in [6.07, 6.45) is 3.35. The van der Waals surface area contributed by atoms with Crippen molar-refractivity contribution in [2.24, 2.45) is 0 Å². The summed E-state index contributed by atoms with van der Waals surface area (Å²) in [6.45, 7) is 1.59. The van der Waals surface area contributed by atoms with Gasteiger partial charge in [0.1, 0.15) is 6.33 Å². The molecule has 0 bridgehead atoms. The van der Waals surface area contributed by atoms with Crippen molar-refractivity contribution in [2.75, 3.05) is 25.1 Å². The molecule has 1 fully saturated rings. The summed E-state index contributed by atoms with van der Waals surface area (Å²) in [5.41, 5.74) is -0.146. The van der Waals surface area contributed by atoms with Gasteiger partial charge in [0, 0.05) is 13.1 Å². The Kier molecular flexibility index (Phi) is 2.84. The lowest BCUT2D eigenvalue weighted by Gasteiger charge is -2.16. The zero-order chi connectivity index (χ0) is 11.5. The predicted octanol–water partition coefficient (Wildman–Crippen LogP) is 0.994. The number of aromatic nitrogens is 2. The van der Waals surface area contributed by atoms with Crippen molar-refractivity contribution in [3.05, 3.63) is 16.4 Å². The molecule has 0 spiro atoms. The van der Waals surface area contributed by atoms with Gasteiger partial charge in [-0.15, -0.1) is 0 Å². The van der Waals surface area contributed by atoms with E-state index in [4.69, 9.17) is 4.74 Å². The maximum Gasteiger partial charge on any atom is 0.372 e. The first-order valence-corrected chi connectivity index (χ1v) is 5.02. The predicted molar refractivity (Wildman–Crippen MR) is 56.7 cm³/mol. The molecule has 7 nitrogen and oxygen atoms in total. The van der Waals surface area contributed by atoms with Gasteiger partial charge < -0.3 is 9.64 Å². The third kappa shape index (κ3) is 1.75. The lowest BCUT2D eigenvalue weighted by atomic mass is 10.4. The number of ether oxygens (including phenoxy) is 1. The van der Waals surface area contributed by atoms with Gasteiger partial charge in [-0.1, -0.05) is 0 Å². The molecule has 0 amide bonds. The smallest absolute Gasteiger partial charge is 0.372 e. The zero-order valence-corrected chi connectivity index (χ0v) is 8.92. The molecule has 0 saturated carbocycles. The van der Waals surface area contributed by atoms with Crippen LogP contribution in [0, 0.1) is 10.1 Å². The molecule has 0 atom stereocenters. The summed E-state index contributed by atoms with van der Waals surface area (Å²) < 4.78 is 4.89. The first kappa shape index (κ1) is 10.6. The summed E-state index contributed by atoms with van der Waals surface area (Å²) in [7, 11) is 1.36. The number of nitrogens with zero attached hydrogens (tertiary/aromatic N) is 4. The molecular formula is C9H12N4O3. The highest BCUT2D eigenvalue weighted by atomic mass is 16.6. The number of hydrogen-bond acceptors (Lipinski definition) is 6. The van der Waals surface area contributed by atoms with E-state index in [2.05, 4.69) is 9.97 Å². The van der Waals surface area contributed by atoms with Crippen molar-refractivity contribution in [2.45, 2.75) is 12.8 Å². The zero-order valence-electron chi connectivity index (χ0n) is 8.92. The second-order valence-electron chi connectivity index (χ2n) is 3.51. The van der Waals surface area contributed by atoms with E-state index in [9.17, 15) is 10.1 Å². The molecule has 16 heavy (non-hydrogen) atoms. The average molecular weight is 224 g/mol. The van der Waals surface area contributed by atoms with Crippen LogP contribution in [-0.4, -0.2) is 35.1 Å². The Morgan fingerprint density at radius 3 is 2.69 bits per heavy atom. The largest absolute Gasteiger partial charge is 0.476 e. The molecule has 0 radical (unpaired) electrons. The van der Waals surface area contributed by atoms with Crippen LogP contribution in [0.5, 0.6) is 5.88 Å². The molecule has 0 unspecified atom stereocenters. The van der Waals surface area contributed by atoms with Crippen LogP contribution in [0.3, 0.4) is 0 Å². The van der Waals surface area contributed by atoms with Gasteiger partial charge in [-0.3, -0.25) is 10.1 Å². The molecule has 1 aliphatic rings. The minimum absolute atomic E-state index is 0.0156. The standard InChI is InChI=1S/C9H12N4O3/c1-16-9-7(13(14)15)8(10-6-11-9)12-4-2-3-5-12/h6H,2-5H2,1H3. The molecule has 0 N–H and O–H groups in total. The number of nitro groups is 1. The number of methoxy groups -OCH3 is 1. The van der Waals surface area contributed by atoms with Gasteiger partial charge in [0.2, 0.25) is 5.82 Å². The third-order valence-corrected chi connectivity index (χ3v) is 2.55. The van der Waals surface area contributed by atoms with Crippen LogP contribution in [0.25, 0.3) is 0 Å². The Morgan fingerprint density at radius 1 is 1.44 bits per heavy atom. The van der Waals surface area contributed by atoms with Crippen molar-refractivity contribution in [3.63, 3.8) is 0 Å². The summed E-state index contributed by atoms with van der Waals surface area (Å²) >= 11 is 0. The Hall–Kier alpha value is -1.92. The Balaban J connectivity index is 2.46. The van der Waals surface area contributed by atoms with Gasteiger partial charge in [0.05, 0.1) is 12.0 Å². The fourth-order valence-electron chi connectivity index (χ4n) is 1.82. The first-order valence-electron chi connectivity index (χ1n) is 5.02. The van der Waals surface area contributed by atoms with E-state index in [1.165, 1.54) is 13.4 Å². The molecule has 1 aromatic rings. The number of anilines is 1. The van der Waals surface area contributed by atoms with Crippen LogP contribution in [0.1, 0.15) is 12.8 Å². The Morgan fingerprint density at radius 2 is 2.12 bits per heavy atom. The van der Waals surface area contributed by atoms with Crippen LogP contribution in [0.15, 0.2) is 6.33 Å². The summed E-state index contributed by atoms with van der Waals surface area (Å²) in [5.74, 6) is 0.372. The van der Waals surface area contributed by atoms with Crippen molar-refractivity contribution < 1.29 is 9.66 Å². The quantitative estimate of drug-likeness (QED) is 0.562. The average Bonchev–Trinajstić information content (AvgIpc) is 2.81. The molecule has 1 aromatic heterocycles. The van der Waals surface area contributed by atoms with Crippen molar-refractivity contribution >= 4 is 11.5 Å². The van der Waals surface area contributed by atoms with E-state index in [0.29, 0.717) is 5.82 Å². The normalized spacial score (nSPS) is 15.2. The number of rotatable bonds is 3. The molecular weight excluding hydrogens is 212 g/mol. The van der Waals surface area contributed by atoms with E-state index >= 15 is 0 Å². The summed E-state index contributed by atoms with van der Waals surface area (Å²) in [6, 6.07) is 0. The van der Waals surface area contributed by atoms with E-state index in [1.54, 1.807) is 0 Å². The fourth-order valence-corrected chi connectivity index (χ4v) is 1.82. The highest BCUT2D eigenvalue weighted by Crippen LogP contribution is 2.34. The maximum atomic E-state index is 11.0. The van der Waals surface area contributed by atoms with Crippen LogP contribution < -0.4 is 9.64 Å². The molecule has 7 heteroatoms. The first-order chi connectivity index (χ1) is 7.74. The van der Waals surface area contributed by atoms with Crippen LogP contribution in [0.2, 0.25) is 0 Å². The molecule has 0 aliphatic carbocycles. The minimum Gasteiger partial charge on any atom is -0.476 e. The third-order valence-electron chi connectivity index (χ3n) is 2.55. The van der Waals surface area contributed by atoms with Gasteiger partial charge >= 0.3 is 5.69 Å². The molecule has 1 aliphatic heterocycles. The van der Waals surface area contributed by atoms with E-state index < -0.39 is 4.92 Å². The molecule has 2 rings (SSSR count). The lowest BCUT2D eigenvalue weighted by Crippen LogP contribution is -2.20. The van der Waals surface area contributed by atoms with E-state index in [1.807, 2.05) is 4.90 Å². The molecule has 0 aromatic carbocycles. The molecule has 1 saturated heterocycles. The van der Waals surface area contributed by atoms with Crippen molar-refractivity contribution in [3.8, 4) is 5.88 Å². The molecule has 86 valence electrons. The van der Waals surface area contributed by atoms with Crippen LogP contribution in [-0.2, 0) is 0 Å². The lowest BCUT2D eigenvalue weighted by molar-refractivity contribution is -0.385. The molecule has 2 heterocycles. The van der Waals surface area contributed by atoms with Gasteiger partial charge in [-0.25, -0.2) is 4.98 Å².